The molecule has 1 nitrogen and oxygen atoms in total. The molecule has 0 N–H and O–H groups in total. The van der Waals surface area contributed by atoms with Gasteiger partial charge in [-0.15, -0.1) is 0 Å². The molecule has 0 amide bonds. The van der Waals surface area contributed by atoms with Crippen LogP contribution in [0, 0.1) is 5.92 Å². The maximum absolute atomic E-state index is 2.38. The minimum atomic E-state index is 0.890. The van der Waals surface area contributed by atoms with Gasteiger partial charge in [0.05, 0.1) is 13.6 Å². The molecule has 1 fully saturated rings. The van der Waals surface area contributed by atoms with Gasteiger partial charge in [0, 0.05) is 6.42 Å². The third-order valence-electron chi connectivity index (χ3n) is 3.18. The Morgan fingerprint density at radius 3 is 2.45 bits per heavy atom. The van der Waals surface area contributed by atoms with Crippen molar-refractivity contribution in [3.8, 4) is 0 Å². The summed E-state index contributed by atoms with van der Waals surface area (Å²) in [6, 6.07) is 1.00. The highest BCUT2D eigenvalue weighted by Crippen LogP contribution is 2.31. The highest BCUT2D eigenvalue weighted by molar-refractivity contribution is 4.72. The van der Waals surface area contributed by atoms with Crippen LogP contribution in [0.5, 0.6) is 0 Å². The molecule has 66 valence electrons. The molecule has 2 unspecified atom stereocenters. The zero-order valence-electron chi connectivity index (χ0n) is 8.43. The van der Waals surface area contributed by atoms with Crippen molar-refractivity contribution in [1.29, 1.82) is 0 Å². The fourth-order valence-corrected chi connectivity index (χ4v) is 1.75. The van der Waals surface area contributed by atoms with E-state index in [-0.39, 0.29) is 0 Å². The summed E-state index contributed by atoms with van der Waals surface area (Å²) in [6.45, 7) is 9.69. The number of hydrogen-bond donors (Lipinski definition) is 0. The van der Waals surface area contributed by atoms with E-state index in [0.717, 1.165) is 12.0 Å². The molecule has 11 heavy (non-hydrogen) atoms. The third kappa shape index (κ3) is 2.19. The Morgan fingerprint density at radius 2 is 2.09 bits per heavy atom. The zero-order valence-corrected chi connectivity index (χ0v) is 8.43. The number of likely N-dealkylation sites (N-methyl/N-ethyl adjacent to an activating group) is 1. The second-order valence-corrected chi connectivity index (χ2v) is 4.60. The summed E-state index contributed by atoms with van der Waals surface area (Å²) >= 11 is 0. The van der Waals surface area contributed by atoms with Crippen LogP contribution in [0.4, 0.5) is 0 Å². The molecule has 1 aliphatic rings. The van der Waals surface area contributed by atoms with Gasteiger partial charge in [0.25, 0.3) is 0 Å². The van der Waals surface area contributed by atoms with Crippen molar-refractivity contribution in [3.63, 3.8) is 0 Å². The summed E-state index contributed by atoms with van der Waals surface area (Å²) < 4.78 is 1.34. The first kappa shape index (κ1) is 9.05. The largest absolute Gasteiger partial charge is 0.314 e. The fraction of sp³-hybridized carbons (Fsp3) is 1.00. The molecule has 1 heterocycles. The lowest BCUT2D eigenvalue weighted by Gasteiger charge is -2.11. The van der Waals surface area contributed by atoms with E-state index < -0.39 is 0 Å². The summed E-state index contributed by atoms with van der Waals surface area (Å²) in [4.78, 5) is 0. The number of nitrogens with zero attached hydrogens (tertiary/aromatic N) is 1. The van der Waals surface area contributed by atoms with Crippen molar-refractivity contribution in [2.75, 3.05) is 20.1 Å². The van der Waals surface area contributed by atoms with E-state index in [4.69, 9.17) is 0 Å². The van der Waals surface area contributed by atoms with Crippen LogP contribution < -0.4 is 0 Å². The fourth-order valence-electron chi connectivity index (χ4n) is 1.75. The van der Waals surface area contributed by atoms with Crippen molar-refractivity contribution < 1.29 is 4.48 Å². The van der Waals surface area contributed by atoms with Crippen LogP contribution in [0.15, 0.2) is 0 Å². The number of quaternary nitrogens is 1. The summed E-state index contributed by atoms with van der Waals surface area (Å²) in [7, 11) is 2.38. The topological polar surface area (TPSA) is 0 Å². The number of hydrogen-bond acceptors (Lipinski definition) is 0. The first-order chi connectivity index (χ1) is 5.08. The Balaban J connectivity index is 2.13. The van der Waals surface area contributed by atoms with Crippen LogP contribution in [0.25, 0.3) is 0 Å². The third-order valence-corrected chi connectivity index (χ3v) is 3.18. The SMILES string of the molecule is CC[N+]1(C)CC1CCC(C)C. The van der Waals surface area contributed by atoms with E-state index in [1.807, 2.05) is 0 Å². The zero-order chi connectivity index (χ0) is 8.48. The summed E-state index contributed by atoms with van der Waals surface area (Å²) in [5.41, 5.74) is 0. The second kappa shape index (κ2) is 3.14. The molecule has 0 bridgehead atoms. The van der Waals surface area contributed by atoms with Gasteiger partial charge in [0.2, 0.25) is 0 Å². The highest BCUT2D eigenvalue weighted by atomic mass is 15.5. The molecule has 0 aromatic heterocycles. The molecule has 1 aliphatic heterocycles. The Morgan fingerprint density at radius 1 is 1.45 bits per heavy atom. The molecule has 0 saturated carbocycles. The minimum absolute atomic E-state index is 0.890. The van der Waals surface area contributed by atoms with Gasteiger partial charge in [0.15, 0.2) is 0 Å². The van der Waals surface area contributed by atoms with Crippen LogP contribution in [0.3, 0.4) is 0 Å². The monoisotopic (exact) mass is 156 g/mol. The molecule has 0 radical (unpaired) electrons. The van der Waals surface area contributed by atoms with Crippen LogP contribution in [-0.2, 0) is 0 Å². The van der Waals surface area contributed by atoms with Gasteiger partial charge in [-0.05, 0) is 19.3 Å². The highest BCUT2D eigenvalue weighted by Gasteiger charge is 2.48. The standard InChI is InChI=1S/C10H22N/c1-5-11(4)8-10(11)7-6-9(2)3/h9-10H,5-8H2,1-4H3/q+1. The molecule has 2 atom stereocenters. The van der Waals surface area contributed by atoms with Gasteiger partial charge in [0.1, 0.15) is 12.6 Å². The van der Waals surface area contributed by atoms with Crippen molar-refractivity contribution in [3.05, 3.63) is 0 Å². The van der Waals surface area contributed by atoms with Crippen LogP contribution in [0.2, 0.25) is 0 Å². The average Bonchev–Trinajstić information content (AvgIpc) is 2.59. The van der Waals surface area contributed by atoms with E-state index in [2.05, 4.69) is 27.8 Å². The van der Waals surface area contributed by atoms with E-state index in [1.165, 1.54) is 30.4 Å². The van der Waals surface area contributed by atoms with Gasteiger partial charge in [-0.2, -0.15) is 0 Å². The lowest BCUT2D eigenvalue weighted by molar-refractivity contribution is -0.790. The molecular weight excluding hydrogens is 134 g/mol. The van der Waals surface area contributed by atoms with Crippen LogP contribution in [0.1, 0.15) is 33.6 Å². The molecule has 0 spiro atoms. The summed E-state index contributed by atoms with van der Waals surface area (Å²) in [6.07, 6.45) is 2.86. The molecule has 0 aromatic carbocycles. The maximum Gasteiger partial charge on any atom is 0.139 e. The second-order valence-electron chi connectivity index (χ2n) is 4.60. The van der Waals surface area contributed by atoms with Crippen molar-refractivity contribution in [2.24, 2.45) is 5.92 Å². The molecule has 0 aliphatic carbocycles. The quantitative estimate of drug-likeness (QED) is 0.433. The average molecular weight is 156 g/mol. The van der Waals surface area contributed by atoms with Gasteiger partial charge in [-0.3, -0.25) is 0 Å². The molecule has 1 saturated heterocycles. The summed E-state index contributed by atoms with van der Waals surface area (Å²) in [5.74, 6) is 0.890. The predicted octanol–water partition coefficient (Wildman–Crippen LogP) is 2.27. The Kier molecular flexibility index (Phi) is 2.58. The molecule has 1 heteroatoms. The Hall–Kier alpha value is -0.0400. The lowest BCUT2D eigenvalue weighted by Crippen LogP contribution is -2.22. The molecule has 0 aromatic rings. The van der Waals surface area contributed by atoms with Crippen LogP contribution >= 0.6 is 0 Å². The Labute approximate surface area is 71.0 Å². The van der Waals surface area contributed by atoms with Crippen molar-refractivity contribution >= 4 is 0 Å². The van der Waals surface area contributed by atoms with Gasteiger partial charge < -0.3 is 4.48 Å². The van der Waals surface area contributed by atoms with Crippen molar-refractivity contribution in [1.82, 2.24) is 0 Å². The normalized spacial score (nSPS) is 36.3. The Bertz CT molecular complexity index is 131. The smallest absolute Gasteiger partial charge is 0.139 e. The van der Waals surface area contributed by atoms with Crippen LogP contribution in [-0.4, -0.2) is 30.7 Å². The van der Waals surface area contributed by atoms with E-state index >= 15 is 0 Å². The lowest BCUT2D eigenvalue weighted by atomic mass is 10.1. The van der Waals surface area contributed by atoms with E-state index in [9.17, 15) is 0 Å². The first-order valence-corrected chi connectivity index (χ1v) is 4.92. The van der Waals surface area contributed by atoms with Crippen molar-refractivity contribution in [2.45, 2.75) is 39.7 Å². The maximum atomic E-state index is 2.38. The van der Waals surface area contributed by atoms with Gasteiger partial charge in [-0.25, -0.2) is 0 Å². The minimum Gasteiger partial charge on any atom is -0.314 e. The number of rotatable bonds is 4. The van der Waals surface area contributed by atoms with E-state index in [1.54, 1.807) is 0 Å². The first-order valence-electron chi connectivity index (χ1n) is 4.92. The predicted molar refractivity (Wildman–Crippen MR) is 49.5 cm³/mol. The molecular formula is C10H22N+. The van der Waals surface area contributed by atoms with Gasteiger partial charge in [-0.1, -0.05) is 13.8 Å². The molecule has 1 rings (SSSR count). The van der Waals surface area contributed by atoms with E-state index in [0.29, 0.717) is 0 Å². The summed E-state index contributed by atoms with van der Waals surface area (Å²) in [5, 5.41) is 0. The van der Waals surface area contributed by atoms with Gasteiger partial charge >= 0.3 is 0 Å².